The Hall–Kier alpha value is -1.96. The topological polar surface area (TPSA) is 112 Å². The lowest BCUT2D eigenvalue weighted by Gasteiger charge is -2.50. The summed E-state index contributed by atoms with van der Waals surface area (Å²) in [4.78, 5) is 0. The Morgan fingerprint density at radius 3 is 2.40 bits per heavy atom. The van der Waals surface area contributed by atoms with Crippen LogP contribution in [-0.4, -0.2) is 70.8 Å². The van der Waals surface area contributed by atoms with E-state index in [2.05, 4.69) is 10.3 Å². The van der Waals surface area contributed by atoms with Crippen molar-refractivity contribution in [1.29, 1.82) is 0 Å². The van der Waals surface area contributed by atoms with E-state index < -0.39 is 62.7 Å². The molecule has 4 rings (SSSR count). The molecule has 0 amide bonds. The van der Waals surface area contributed by atoms with Crippen molar-refractivity contribution in [2.24, 2.45) is 0 Å². The Labute approximate surface area is 207 Å². The number of hydrogen-bond donors (Lipinski definition) is 5. The first kappa shape index (κ1) is 26.1. The highest BCUT2D eigenvalue weighted by molar-refractivity contribution is 8.18. The number of aliphatic hydroxyl groups is 4. The molecule has 1 aliphatic heterocycles. The summed E-state index contributed by atoms with van der Waals surface area (Å²) >= 11 is 1.50. The van der Waals surface area contributed by atoms with Crippen molar-refractivity contribution in [3.63, 3.8) is 0 Å². The average Bonchev–Trinajstić information content (AvgIpc) is 3.41. The summed E-state index contributed by atoms with van der Waals surface area (Å²) in [5.74, 6) is -4.14. The van der Waals surface area contributed by atoms with E-state index in [0.29, 0.717) is 0 Å². The number of rotatable bonds is 6. The molecule has 0 spiro atoms. The lowest BCUT2D eigenvalue weighted by atomic mass is 9.97. The maximum absolute atomic E-state index is 13.7. The van der Waals surface area contributed by atoms with E-state index in [1.165, 1.54) is 22.2 Å². The molecule has 0 radical (unpaired) electrons. The fourth-order valence-electron chi connectivity index (χ4n) is 4.83. The minimum absolute atomic E-state index is 0.0267. The van der Waals surface area contributed by atoms with E-state index in [1.54, 1.807) is 13.8 Å². The van der Waals surface area contributed by atoms with Crippen LogP contribution in [0.2, 0.25) is 0 Å². The lowest BCUT2D eigenvalue weighted by Crippen LogP contribution is -2.52. The molecular weight excluding hydrogens is 503 g/mol. The predicted octanol–water partition coefficient (Wildman–Crippen LogP) is 2.88. The van der Waals surface area contributed by atoms with Gasteiger partial charge in [0.15, 0.2) is 17.5 Å². The van der Waals surface area contributed by atoms with Crippen LogP contribution in [0, 0.1) is 24.4 Å². The van der Waals surface area contributed by atoms with E-state index in [-0.39, 0.29) is 23.6 Å². The smallest absolute Gasteiger partial charge is 0.194 e. The van der Waals surface area contributed by atoms with Crippen molar-refractivity contribution in [2.45, 2.75) is 55.1 Å². The summed E-state index contributed by atoms with van der Waals surface area (Å²) in [7, 11) is -1.29. The van der Waals surface area contributed by atoms with Crippen molar-refractivity contribution in [2.75, 3.05) is 12.4 Å². The van der Waals surface area contributed by atoms with Gasteiger partial charge in [0, 0.05) is 21.8 Å². The van der Waals surface area contributed by atoms with E-state index in [9.17, 15) is 33.6 Å². The lowest BCUT2D eigenvalue weighted by molar-refractivity contribution is 0.00571. The second kappa shape index (κ2) is 9.83. The molecule has 4 N–H and O–H groups in total. The average molecular weight is 532 g/mol. The van der Waals surface area contributed by atoms with E-state index >= 15 is 0 Å². The Kier molecular flexibility index (Phi) is 7.33. The van der Waals surface area contributed by atoms with Gasteiger partial charge >= 0.3 is 0 Å². The summed E-state index contributed by atoms with van der Waals surface area (Å²) in [6.07, 6.45) is -1.03. The van der Waals surface area contributed by atoms with Gasteiger partial charge < -0.3 is 20.4 Å². The van der Waals surface area contributed by atoms with Crippen LogP contribution in [-0.2, 0) is 0 Å². The zero-order valence-electron chi connectivity index (χ0n) is 19.3. The first-order valence-electron chi connectivity index (χ1n) is 11.0. The number of aliphatic hydroxyl groups excluding tert-OH is 3. The minimum atomic E-state index is -1.60. The van der Waals surface area contributed by atoms with E-state index in [0.717, 1.165) is 23.3 Å². The summed E-state index contributed by atoms with van der Waals surface area (Å²) in [6.45, 7) is 4.93. The van der Waals surface area contributed by atoms with Crippen molar-refractivity contribution >= 4 is 22.2 Å². The Balaban J connectivity index is 1.67. The van der Waals surface area contributed by atoms with Crippen LogP contribution >= 0.6 is 22.2 Å². The quantitative estimate of drug-likeness (QED) is 0.247. The van der Waals surface area contributed by atoms with Gasteiger partial charge in [-0.1, -0.05) is 5.21 Å². The molecule has 1 unspecified atom stereocenters. The van der Waals surface area contributed by atoms with Crippen LogP contribution < -0.4 is 0 Å². The first-order chi connectivity index (χ1) is 16.4. The monoisotopic (exact) mass is 531 g/mol. The van der Waals surface area contributed by atoms with Gasteiger partial charge in [-0.3, -0.25) is 0 Å². The third-order valence-electron chi connectivity index (χ3n) is 6.44. The maximum atomic E-state index is 13.7. The molecule has 6 atom stereocenters. The fourth-order valence-corrected chi connectivity index (χ4v) is 9.54. The van der Waals surface area contributed by atoms with Crippen molar-refractivity contribution < 1.29 is 33.6 Å². The second-order valence-electron chi connectivity index (χ2n) is 9.40. The third kappa shape index (κ3) is 4.87. The number of halogens is 3. The van der Waals surface area contributed by atoms with Crippen molar-refractivity contribution in [1.82, 2.24) is 15.0 Å². The summed E-state index contributed by atoms with van der Waals surface area (Å²) in [5, 5.41) is 54.4. The van der Waals surface area contributed by atoms with Crippen LogP contribution in [0.25, 0.3) is 11.3 Å². The van der Waals surface area contributed by atoms with Gasteiger partial charge in [0.1, 0.15) is 11.7 Å². The second-order valence-corrected chi connectivity index (χ2v) is 12.7. The molecule has 1 aromatic carbocycles. The summed E-state index contributed by atoms with van der Waals surface area (Å²) < 4.78 is 41.9. The molecule has 0 saturated carbocycles. The van der Waals surface area contributed by atoms with Gasteiger partial charge in [-0.2, -0.15) is 11.3 Å². The zero-order chi connectivity index (χ0) is 25.7. The number of thiol groups is 1. The SMILES string of the molecule is Cc1cscc1[C@@H]([SH]1C[C@H](O)[C@H](n2cc(-c3cc(F)c(F)c(F)c3)nn2)[C@@H](O)[C@H]1CO)C(C)(C)O. The third-order valence-corrected chi connectivity index (χ3v) is 11.0. The Bertz CT molecular complexity index is 1180. The number of hydrogen-bond acceptors (Lipinski definition) is 7. The van der Waals surface area contributed by atoms with Gasteiger partial charge in [0.25, 0.3) is 0 Å². The predicted molar refractivity (Wildman–Crippen MR) is 129 cm³/mol. The molecular formula is C23H28F3N3O4S2. The molecule has 192 valence electrons. The van der Waals surface area contributed by atoms with Gasteiger partial charge in [-0.05, 0) is 54.8 Å². The highest BCUT2D eigenvalue weighted by Gasteiger charge is 2.49. The van der Waals surface area contributed by atoms with Crippen LogP contribution in [0.5, 0.6) is 0 Å². The molecule has 12 heteroatoms. The minimum Gasteiger partial charge on any atom is -0.395 e. The van der Waals surface area contributed by atoms with Crippen LogP contribution in [0.3, 0.4) is 0 Å². The largest absolute Gasteiger partial charge is 0.395 e. The molecule has 0 bridgehead atoms. The molecule has 0 aliphatic carbocycles. The van der Waals surface area contributed by atoms with Crippen LogP contribution in [0.4, 0.5) is 13.2 Å². The van der Waals surface area contributed by atoms with Crippen molar-refractivity contribution in [3.05, 3.63) is 57.7 Å². The molecule has 1 aliphatic rings. The zero-order valence-corrected chi connectivity index (χ0v) is 21.0. The number of thiophene rings is 1. The Morgan fingerprint density at radius 2 is 1.86 bits per heavy atom. The molecule has 3 aromatic rings. The van der Waals surface area contributed by atoms with Gasteiger partial charge in [0.2, 0.25) is 0 Å². The van der Waals surface area contributed by atoms with Gasteiger partial charge in [0.05, 0.1) is 30.6 Å². The molecule has 3 heterocycles. The van der Waals surface area contributed by atoms with Crippen molar-refractivity contribution in [3.8, 4) is 11.3 Å². The number of nitrogens with zero attached hydrogens (tertiary/aromatic N) is 3. The molecule has 2 aromatic heterocycles. The molecule has 7 nitrogen and oxygen atoms in total. The first-order valence-corrected chi connectivity index (χ1v) is 13.6. The fraction of sp³-hybridized carbons (Fsp3) is 0.478. The van der Waals surface area contributed by atoms with Crippen LogP contribution in [0.1, 0.15) is 36.3 Å². The van der Waals surface area contributed by atoms with Gasteiger partial charge in [-0.15, -0.1) is 5.10 Å². The van der Waals surface area contributed by atoms with Crippen LogP contribution in [0.15, 0.2) is 29.1 Å². The standard InChI is InChI=1S/C23H28F3N3O4S2/c1-11-8-34-9-13(11)22(23(2,3)33)35-10-17(31)20(21(32)18(35)7-30)29-6-16(27-28-29)12-4-14(24)19(26)15(25)5-12/h4-6,8-9,17-18,20-22,30-33,35H,7,10H2,1-3H3/t17-,18+,20-,21-,22+/m0/s1. The molecule has 35 heavy (non-hydrogen) atoms. The highest BCUT2D eigenvalue weighted by atomic mass is 32.2. The highest BCUT2D eigenvalue weighted by Crippen LogP contribution is 2.58. The van der Waals surface area contributed by atoms with E-state index in [4.69, 9.17) is 0 Å². The number of benzene rings is 1. The van der Waals surface area contributed by atoms with Gasteiger partial charge in [-0.25, -0.2) is 28.7 Å². The summed E-state index contributed by atoms with van der Waals surface area (Å²) in [6, 6.07) is 0.578. The Morgan fingerprint density at radius 1 is 1.20 bits per heavy atom. The summed E-state index contributed by atoms with van der Waals surface area (Å²) in [5.41, 5.74) is 0.719. The number of aromatic nitrogens is 3. The maximum Gasteiger partial charge on any atom is 0.194 e. The normalized spacial score (nSPS) is 27.2. The molecule has 1 fully saturated rings. The van der Waals surface area contributed by atoms with E-state index in [1.807, 2.05) is 17.7 Å². The molecule has 1 saturated heterocycles. The number of aryl methyl sites for hydroxylation is 1.